The molecule has 0 aromatic carbocycles. The van der Waals surface area contributed by atoms with Crippen molar-refractivity contribution in [3.05, 3.63) is 24.3 Å². The number of aliphatic hydroxyl groups is 1. The molecule has 0 bridgehead atoms. The summed E-state index contributed by atoms with van der Waals surface area (Å²) in [6.45, 7) is 2.98. The van der Waals surface area contributed by atoms with Gasteiger partial charge in [-0.3, -0.25) is 0 Å². The first-order chi connectivity index (χ1) is 5.91. The van der Waals surface area contributed by atoms with Gasteiger partial charge in [-0.1, -0.05) is 24.3 Å². The summed E-state index contributed by atoms with van der Waals surface area (Å²) in [5.74, 6) is 0. The summed E-state index contributed by atoms with van der Waals surface area (Å²) in [6, 6.07) is 1.18. The van der Waals surface area contributed by atoms with E-state index < -0.39 is 0 Å². The number of allylic oxidation sites excluding steroid dienone is 3. The van der Waals surface area contributed by atoms with Gasteiger partial charge in [-0.2, -0.15) is 0 Å². The lowest BCUT2D eigenvalue weighted by Gasteiger charge is -1.95. The Morgan fingerprint density at radius 1 is 1.33 bits per heavy atom. The normalized spacial score (nSPS) is 12.8. The Hall–Kier alpha value is -0.383. The summed E-state index contributed by atoms with van der Waals surface area (Å²) in [6.07, 6.45) is 8.69. The van der Waals surface area contributed by atoms with E-state index in [2.05, 4.69) is 6.08 Å². The quantitative estimate of drug-likeness (QED) is 0.360. The molecule has 0 spiro atoms. The minimum absolute atomic E-state index is 0.0394. The largest absolute Gasteiger partial charge is 0.392 e. The minimum Gasteiger partial charge on any atom is -0.392 e. The second-order valence-corrected chi connectivity index (χ2v) is 4.07. The van der Waals surface area contributed by atoms with Crippen LogP contribution >= 0.6 is 0 Å². The van der Waals surface area contributed by atoms with Gasteiger partial charge in [0.2, 0.25) is 0 Å². The van der Waals surface area contributed by atoms with Crippen LogP contribution in [0.3, 0.4) is 0 Å². The van der Waals surface area contributed by atoms with E-state index in [1.54, 1.807) is 6.08 Å². The monoisotopic (exact) mass is 186 g/mol. The fourth-order valence-corrected chi connectivity index (χ4v) is 1.85. The van der Waals surface area contributed by atoms with Crippen molar-refractivity contribution >= 4 is 9.52 Å². The van der Waals surface area contributed by atoms with Crippen molar-refractivity contribution in [1.29, 1.82) is 0 Å². The molecule has 0 aliphatic heterocycles. The van der Waals surface area contributed by atoms with E-state index in [4.69, 9.17) is 9.84 Å². The Morgan fingerprint density at radius 3 is 2.75 bits per heavy atom. The van der Waals surface area contributed by atoms with Gasteiger partial charge in [-0.25, -0.2) is 0 Å². The second kappa shape index (κ2) is 10.6. The van der Waals surface area contributed by atoms with Crippen molar-refractivity contribution in [2.24, 2.45) is 0 Å². The molecule has 70 valence electrons. The van der Waals surface area contributed by atoms with E-state index in [1.165, 1.54) is 6.04 Å². The summed E-state index contributed by atoms with van der Waals surface area (Å²) in [5.41, 5.74) is 0. The molecule has 2 nitrogen and oxygen atoms in total. The van der Waals surface area contributed by atoms with Crippen molar-refractivity contribution in [3.63, 3.8) is 0 Å². The van der Waals surface area contributed by atoms with Crippen LogP contribution in [0.4, 0.5) is 0 Å². The third-order valence-corrected chi connectivity index (χ3v) is 2.67. The standard InChI is InChI=1S/C9H18O2Si/c1-2-11-9-12-8-6-4-3-5-7-10/h3-6,10H,2,7-9,12H2,1H3/b5-3+,6-4+. The molecule has 12 heavy (non-hydrogen) atoms. The Morgan fingerprint density at radius 2 is 2.08 bits per heavy atom. The maximum absolute atomic E-state index is 8.41. The Balaban J connectivity index is 3.07. The van der Waals surface area contributed by atoms with Crippen LogP contribution in [0.1, 0.15) is 6.92 Å². The fraction of sp³-hybridized carbons (Fsp3) is 0.556. The van der Waals surface area contributed by atoms with Gasteiger partial charge in [0.25, 0.3) is 0 Å². The van der Waals surface area contributed by atoms with E-state index in [1.807, 2.05) is 19.1 Å². The summed E-state index contributed by atoms with van der Waals surface area (Å²) in [7, 11) is -0.0394. The molecule has 0 unspecified atom stereocenters. The second-order valence-electron chi connectivity index (χ2n) is 2.38. The topological polar surface area (TPSA) is 29.5 Å². The highest BCUT2D eigenvalue weighted by Crippen LogP contribution is 1.85. The van der Waals surface area contributed by atoms with Crippen molar-refractivity contribution in [2.75, 3.05) is 19.4 Å². The van der Waals surface area contributed by atoms with Crippen molar-refractivity contribution in [1.82, 2.24) is 0 Å². The Labute approximate surface area is 76.8 Å². The van der Waals surface area contributed by atoms with Gasteiger partial charge in [-0.05, 0) is 13.0 Å². The molecule has 3 heteroatoms. The lowest BCUT2D eigenvalue weighted by Crippen LogP contribution is -2.01. The molecule has 0 heterocycles. The zero-order valence-electron chi connectivity index (χ0n) is 7.70. The smallest absolute Gasteiger partial charge is 0.0615 e. The zero-order chi connectivity index (χ0) is 9.07. The first-order valence-corrected chi connectivity index (χ1v) is 6.42. The van der Waals surface area contributed by atoms with Crippen molar-refractivity contribution < 1.29 is 9.84 Å². The number of ether oxygens (including phenoxy) is 1. The zero-order valence-corrected chi connectivity index (χ0v) is 9.11. The van der Waals surface area contributed by atoms with Crippen LogP contribution < -0.4 is 0 Å². The van der Waals surface area contributed by atoms with Crippen LogP contribution in [-0.4, -0.2) is 34.1 Å². The maximum atomic E-state index is 8.41. The molecule has 0 aromatic heterocycles. The molecule has 0 amide bonds. The lowest BCUT2D eigenvalue weighted by molar-refractivity contribution is 0.193. The molecule has 0 aromatic rings. The average Bonchev–Trinajstić information content (AvgIpc) is 2.10. The van der Waals surface area contributed by atoms with Crippen LogP contribution in [0.25, 0.3) is 0 Å². The number of aliphatic hydroxyl groups excluding tert-OH is 1. The van der Waals surface area contributed by atoms with Gasteiger partial charge in [0, 0.05) is 12.8 Å². The lowest BCUT2D eigenvalue weighted by atomic mass is 10.4. The Bertz CT molecular complexity index is 132. The molecule has 0 aliphatic rings. The van der Waals surface area contributed by atoms with Crippen LogP contribution in [0.5, 0.6) is 0 Å². The number of rotatable bonds is 7. The summed E-state index contributed by atoms with van der Waals surface area (Å²) >= 11 is 0. The first kappa shape index (κ1) is 11.6. The molecule has 1 N–H and O–H groups in total. The predicted octanol–water partition coefficient (Wildman–Crippen LogP) is 0.672. The molecule has 0 radical (unpaired) electrons. The minimum atomic E-state index is -0.0394. The molecule has 0 fully saturated rings. The average molecular weight is 186 g/mol. The number of hydrogen-bond acceptors (Lipinski definition) is 2. The fourth-order valence-electron chi connectivity index (χ4n) is 0.762. The highest BCUT2D eigenvalue weighted by Gasteiger charge is 1.83. The van der Waals surface area contributed by atoms with Gasteiger partial charge in [0.05, 0.1) is 16.1 Å². The maximum Gasteiger partial charge on any atom is 0.0615 e. The van der Waals surface area contributed by atoms with E-state index in [-0.39, 0.29) is 16.1 Å². The van der Waals surface area contributed by atoms with Crippen LogP contribution in [0, 0.1) is 0 Å². The molecule has 0 saturated carbocycles. The number of hydrogen-bond donors (Lipinski definition) is 1. The molecular weight excluding hydrogens is 168 g/mol. The van der Waals surface area contributed by atoms with Crippen LogP contribution in [0.2, 0.25) is 6.04 Å². The van der Waals surface area contributed by atoms with Gasteiger partial charge in [0.15, 0.2) is 0 Å². The highest BCUT2D eigenvalue weighted by atomic mass is 28.2. The van der Waals surface area contributed by atoms with Gasteiger partial charge < -0.3 is 9.84 Å². The van der Waals surface area contributed by atoms with Crippen LogP contribution in [-0.2, 0) is 4.74 Å². The first-order valence-electron chi connectivity index (χ1n) is 4.42. The summed E-state index contributed by atoms with van der Waals surface area (Å²) < 4.78 is 5.23. The predicted molar refractivity (Wildman–Crippen MR) is 55.2 cm³/mol. The van der Waals surface area contributed by atoms with Gasteiger partial charge >= 0.3 is 0 Å². The third-order valence-electron chi connectivity index (χ3n) is 1.35. The summed E-state index contributed by atoms with van der Waals surface area (Å²) in [5, 5.41) is 8.41. The van der Waals surface area contributed by atoms with Crippen molar-refractivity contribution in [3.8, 4) is 0 Å². The van der Waals surface area contributed by atoms with Crippen molar-refractivity contribution in [2.45, 2.75) is 13.0 Å². The van der Waals surface area contributed by atoms with E-state index in [0.717, 1.165) is 12.8 Å². The highest BCUT2D eigenvalue weighted by molar-refractivity contribution is 6.35. The molecule has 0 saturated heterocycles. The van der Waals surface area contributed by atoms with E-state index in [9.17, 15) is 0 Å². The molecule has 0 aliphatic carbocycles. The van der Waals surface area contributed by atoms with Gasteiger partial charge in [-0.15, -0.1) is 0 Å². The van der Waals surface area contributed by atoms with Gasteiger partial charge in [0.1, 0.15) is 0 Å². The SMILES string of the molecule is CCOC[SiH2]C/C=C/C=C/CO. The molecule has 0 atom stereocenters. The summed E-state index contributed by atoms with van der Waals surface area (Å²) in [4.78, 5) is 0. The van der Waals surface area contributed by atoms with Crippen LogP contribution in [0.15, 0.2) is 24.3 Å². The van der Waals surface area contributed by atoms with E-state index >= 15 is 0 Å². The molecular formula is C9H18O2Si. The van der Waals surface area contributed by atoms with E-state index in [0.29, 0.717) is 0 Å². The molecule has 0 rings (SSSR count). The Kier molecular flexibility index (Phi) is 10.3. The third kappa shape index (κ3) is 9.62.